The molecule has 0 amide bonds. The van der Waals surface area contributed by atoms with Gasteiger partial charge in [-0.05, 0) is 42.6 Å². The molecule has 1 heterocycles. The standard InChI is InChI=1S/C10H17BrN4O/c1-7-10(11)8(2)15(13-7)6-4-3-5-9(12)14-16/h16H,3-6H2,1-2H3,(H2,12,14). The highest BCUT2D eigenvalue weighted by Crippen LogP contribution is 2.20. The number of amidine groups is 1. The van der Waals surface area contributed by atoms with Crippen molar-refractivity contribution in [2.24, 2.45) is 10.9 Å². The number of oxime groups is 1. The molecular formula is C10H17BrN4O. The van der Waals surface area contributed by atoms with Gasteiger partial charge in [0, 0.05) is 18.7 Å². The van der Waals surface area contributed by atoms with Gasteiger partial charge in [0.05, 0.1) is 10.2 Å². The second-order valence-electron chi connectivity index (χ2n) is 3.76. The lowest BCUT2D eigenvalue weighted by Crippen LogP contribution is -2.11. The third-order valence-electron chi connectivity index (χ3n) is 2.47. The van der Waals surface area contributed by atoms with E-state index in [1.54, 1.807) is 0 Å². The Hall–Kier alpha value is -1.04. The van der Waals surface area contributed by atoms with Gasteiger partial charge in [-0.3, -0.25) is 4.68 Å². The zero-order valence-electron chi connectivity index (χ0n) is 9.57. The van der Waals surface area contributed by atoms with Crippen LogP contribution in [0.15, 0.2) is 9.63 Å². The minimum atomic E-state index is 0.287. The molecule has 0 saturated heterocycles. The van der Waals surface area contributed by atoms with Crippen molar-refractivity contribution in [3.05, 3.63) is 15.9 Å². The Morgan fingerprint density at radius 2 is 2.19 bits per heavy atom. The van der Waals surface area contributed by atoms with Gasteiger partial charge >= 0.3 is 0 Å². The van der Waals surface area contributed by atoms with Gasteiger partial charge < -0.3 is 10.9 Å². The van der Waals surface area contributed by atoms with E-state index in [0.717, 1.165) is 35.2 Å². The summed E-state index contributed by atoms with van der Waals surface area (Å²) in [7, 11) is 0. The summed E-state index contributed by atoms with van der Waals surface area (Å²) in [5.41, 5.74) is 7.53. The molecule has 16 heavy (non-hydrogen) atoms. The molecule has 0 radical (unpaired) electrons. The van der Waals surface area contributed by atoms with E-state index < -0.39 is 0 Å². The average Bonchev–Trinajstić information content (AvgIpc) is 2.52. The van der Waals surface area contributed by atoms with Crippen LogP contribution >= 0.6 is 15.9 Å². The van der Waals surface area contributed by atoms with E-state index in [1.165, 1.54) is 0 Å². The van der Waals surface area contributed by atoms with Gasteiger partial charge in [-0.25, -0.2) is 0 Å². The van der Waals surface area contributed by atoms with Crippen molar-refractivity contribution in [1.29, 1.82) is 0 Å². The lowest BCUT2D eigenvalue weighted by molar-refractivity contribution is 0.316. The SMILES string of the molecule is Cc1nn(CCCCC(N)=NO)c(C)c1Br. The van der Waals surface area contributed by atoms with E-state index in [2.05, 4.69) is 26.2 Å². The molecule has 0 aromatic carbocycles. The van der Waals surface area contributed by atoms with Crippen LogP contribution in [0.2, 0.25) is 0 Å². The quantitative estimate of drug-likeness (QED) is 0.287. The highest BCUT2D eigenvalue weighted by Gasteiger charge is 2.07. The summed E-state index contributed by atoms with van der Waals surface area (Å²) in [6.07, 6.45) is 2.48. The molecule has 0 aliphatic heterocycles. The predicted octanol–water partition coefficient (Wildman–Crippen LogP) is 2.18. The van der Waals surface area contributed by atoms with E-state index in [9.17, 15) is 0 Å². The predicted molar refractivity (Wildman–Crippen MR) is 66.7 cm³/mol. The summed E-state index contributed by atoms with van der Waals surface area (Å²) in [5.74, 6) is 0.287. The first-order valence-electron chi connectivity index (χ1n) is 5.22. The van der Waals surface area contributed by atoms with Crippen LogP contribution in [0, 0.1) is 13.8 Å². The van der Waals surface area contributed by atoms with E-state index in [4.69, 9.17) is 10.9 Å². The van der Waals surface area contributed by atoms with Crippen molar-refractivity contribution >= 4 is 21.8 Å². The summed E-state index contributed by atoms with van der Waals surface area (Å²) in [6, 6.07) is 0. The number of hydrogen-bond acceptors (Lipinski definition) is 3. The first kappa shape index (κ1) is 13.0. The monoisotopic (exact) mass is 288 g/mol. The fraction of sp³-hybridized carbons (Fsp3) is 0.600. The molecule has 0 aliphatic rings. The molecule has 90 valence electrons. The van der Waals surface area contributed by atoms with Crippen molar-refractivity contribution in [3.63, 3.8) is 0 Å². The summed E-state index contributed by atoms with van der Waals surface area (Å²) < 4.78 is 3.05. The lowest BCUT2D eigenvalue weighted by atomic mass is 10.2. The largest absolute Gasteiger partial charge is 0.409 e. The summed E-state index contributed by atoms with van der Waals surface area (Å²) in [5, 5.41) is 15.7. The molecule has 0 bridgehead atoms. The zero-order chi connectivity index (χ0) is 12.1. The van der Waals surface area contributed by atoms with Crippen LogP contribution in [0.25, 0.3) is 0 Å². The van der Waals surface area contributed by atoms with E-state index in [0.29, 0.717) is 6.42 Å². The normalized spacial score (nSPS) is 12.1. The summed E-state index contributed by atoms with van der Waals surface area (Å²) in [6.45, 7) is 4.87. The molecule has 6 heteroatoms. The second kappa shape index (κ2) is 5.89. The van der Waals surface area contributed by atoms with Crippen molar-refractivity contribution < 1.29 is 5.21 Å². The molecule has 0 spiro atoms. The topological polar surface area (TPSA) is 76.4 Å². The Balaban J connectivity index is 2.41. The molecule has 1 aromatic heterocycles. The average molecular weight is 289 g/mol. The molecule has 0 atom stereocenters. The van der Waals surface area contributed by atoms with Crippen LogP contribution in [0.5, 0.6) is 0 Å². The fourth-order valence-corrected chi connectivity index (χ4v) is 1.79. The summed E-state index contributed by atoms with van der Waals surface area (Å²) >= 11 is 3.49. The van der Waals surface area contributed by atoms with Crippen LogP contribution < -0.4 is 5.73 Å². The van der Waals surface area contributed by atoms with Crippen LogP contribution in [0.1, 0.15) is 30.7 Å². The van der Waals surface area contributed by atoms with Crippen LogP contribution in [0.4, 0.5) is 0 Å². The highest BCUT2D eigenvalue weighted by atomic mass is 79.9. The number of halogens is 1. The van der Waals surface area contributed by atoms with Gasteiger partial charge in [-0.1, -0.05) is 5.16 Å². The van der Waals surface area contributed by atoms with Crippen molar-refractivity contribution in [3.8, 4) is 0 Å². The molecule has 0 unspecified atom stereocenters. The first-order valence-corrected chi connectivity index (χ1v) is 6.01. The highest BCUT2D eigenvalue weighted by molar-refractivity contribution is 9.10. The van der Waals surface area contributed by atoms with E-state index in [-0.39, 0.29) is 5.84 Å². The van der Waals surface area contributed by atoms with Crippen molar-refractivity contribution in [2.45, 2.75) is 39.7 Å². The molecule has 5 nitrogen and oxygen atoms in total. The van der Waals surface area contributed by atoms with Crippen LogP contribution in [0.3, 0.4) is 0 Å². The third kappa shape index (κ3) is 3.23. The smallest absolute Gasteiger partial charge is 0.139 e. The molecule has 0 aliphatic carbocycles. The maximum absolute atomic E-state index is 8.37. The van der Waals surface area contributed by atoms with Crippen LogP contribution in [-0.4, -0.2) is 20.8 Å². The number of nitrogens with zero attached hydrogens (tertiary/aromatic N) is 3. The Morgan fingerprint density at radius 1 is 1.50 bits per heavy atom. The number of aromatic nitrogens is 2. The molecule has 1 rings (SSSR count). The molecule has 1 aromatic rings. The Kier molecular flexibility index (Phi) is 4.79. The number of nitrogens with two attached hydrogens (primary N) is 1. The maximum atomic E-state index is 8.37. The Bertz CT molecular complexity index is 386. The molecule has 3 N–H and O–H groups in total. The number of unbranched alkanes of at least 4 members (excludes halogenated alkanes) is 1. The van der Waals surface area contributed by atoms with E-state index in [1.807, 2.05) is 18.5 Å². The van der Waals surface area contributed by atoms with Gasteiger partial charge in [0.1, 0.15) is 5.84 Å². The number of rotatable bonds is 5. The second-order valence-corrected chi connectivity index (χ2v) is 4.55. The third-order valence-corrected chi connectivity index (χ3v) is 3.62. The van der Waals surface area contributed by atoms with Gasteiger partial charge in [0.15, 0.2) is 0 Å². The summed E-state index contributed by atoms with van der Waals surface area (Å²) in [4.78, 5) is 0. The number of aryl methyl sites for hydroxylation is 2. The van der Waals surface area contributed by atoms with Gasteiger partial charge in [-0.2, -0.15) is 5.10 Å². The van der Waals surface area contributed by atoms with Gasteiger partial charge in [0.2, 0.25) is 0 Å². The van der Waals surface area contributed by atoms with Gasteiger partial charge in [-0.15, -0.1) is 0 Å². The van der Waals surface area contributed by atoms with E-state index >= 15 is 0 Å². The lowest BCUT2D eigenvalue weighted by Gasteiger charge is -2.03. The Labute approximate surface area is 103 Å². The maximum Gasteiger partial charge on any atom is 0.139 e. The Morgan fingerprint density at radius 3 is 2.69 bits per heavy atom. The first-order chi connectivity index (χ1) is 7.56. The van der Waals surface area contributed by atoms with Crippen LogP contribution in [-0.2, 0) is 6.54 Å². The molecular weight excluding hydrogens is 272 g/mol. The van der Waals surface area contributed by atoms with Crippen molar-refractivity contribution in [1.82, 2.24) is 9.78 Å². The molecule has 0 saturated carbocycles. The fourth-order valence-electron chi connectivity index (χ4n) is 1.51. The minimum Gasteiger partial charge on any atom is -0.409 e. The van der Waals surface area contributed by atoms with Gasteiger partial charge in [0.25, 0.3) is 0 Å². The number of hydrogen-bond donors (Lipinski definition) is 2. The van der Waals surface area contributed by atoms with Crippen molar-refractivity contribution in [2.75, 3.05) is 0 Å². The minimum absolute atomic E-state index is 0.287. The zero-order valence-corrected chi connectivity index (χ0v) is 11.2. The molecule has 0 fully saturated rings.